The predicted molar refractivity (Wildman–Crippen MR) is 88.6 cm³/mol. The molecule has 2 amide bonds. The van der Waals surface area contributed by atoms with Crippen LogP contribution >= 0.6 is 11.3 Å². The van der Waals surface area contributed by atoms with E-state index in [2.05, 4.69) is 31.0 Å². The zero-order valence-electron chi connectivity index (χ0n) is 13.0. The number of benzene rings is 1. The lowest BCUT2D eigenvalue weighted by Gasteiger charge is -2.15. The van der Waals surface area contributed by atoms with Crippen LogP contribution in [0.1, 0.15) is 36.7 Å². The first-order valence-electron chi connectivity index (χ1n) is 7.47. The molecular formula is C15H16N6O2S. The van der Waals surface area contributed by atoms with E-state index in [1.807, 2.05) is 37.3 Å². The van der Waals surface area contributed by atoms with Crippen LogP contribution in [0.2, 0.25) is 0 Å². The van der Waals surface area contributed by atoms with Gasteiger partial charge in [-0.15, -0.1) is 10.2 Å². The molecule has 3 aromatic rings. The zero-order valence-corrected chi connectivity index (χ0v) is 13.8. The standard InChI is InChI=1S/C15H16N6O2S/c1-2-6-11-17-13(21-23-11)12(10-7-4-3-5-8-10)18-14(22)19-15-20-16-9-24-15/h3-5,7-9,12H,2,6H2,1H3,(H2,18,19,20,22)/t12-/m0/s1. The maximum absolute atomic E-state index is 12.2. The minimum absolute atomic E-state index is 0.414. The molecule has 2 N–H and O–H groups in total. The van der Waals surface area contributed by atoms with Crippen molar-refractivity contribution >= 4 is 22.5 Å². The summed E-state index contributed by atoms with van der Waals surface area (Å²) in [6, 6.07) is 8.54. The Morgan fingerprint density at radius 3 is 2.88 bits per heavy atom. The summed E-state index contributed by atoms with van der Waals surface area (Å²) in [7, 11) is 0. The summed E-state index contributed by atoms with van der Waals surface area (Å²) in [5.41, 5.74) is 2.40. The number of aromatic nitrogens is 4. The molecule has 2 aromatic heterocycles. The molecule has 124 valence electrons. The van der Waals surface area contributed by atoms with Crippen LogP contribution in [0.25, 0.3) is 0 Å². The van der Waals surface area contributed by atoms with Crippen molar-refractivity contribution in [2.75, 3.05) is 5.32 Å². The summed E-state index contributed by atoms with van der Waals surface area (Å²) >= 11 is 1.24. The van der Waals surface area contributed by atoms with E-state index in [9.17, 15) is 4.79 Å². The van der Waals surface area contributed by atoms with Crippen molar-refractivity contribution in [1.82, 2.24) is 25.7 Å². The zero-order chi connectivity index (χ0) is 16.8. The summed E-state index contributed by atoms with van der Waals surface area (Å²) in [4.78, 5) is 16.6. The Balaban J connectivity index is 1.80. The Morgan fingerprint density at radius 2 is 2.17 bits per heavy atom. The van der Waals surface area contributed by atoms with Gasteiger partial charge in [-0.3, -0.25) is 5.32 Å². The van der Waals surface area contributed by atoms with Crippen molar-refractivity contribution in [3.8, 4) is 0 Å². The number of aryl methyl sites for hydroxylation is 1. The highest BCUT2D eigenvalue weighted by Crippen LogP contribution is 2.20. The molecular weight excluding hydrogens is 328 g/mol. The van der Waals surface area contributed by atoms with Crippen LogP contribution in [-0.4, -0.2) is 26.4 Å². The molecule has 1 atom stereocenters. The van der Waals surface area contributed by atoms with Crippen LogP contribution in [0.4, 0.5) is 9.93 Å². The Bertz CT molecular complexity index is 774. The lowest BCUT2D eigenvalue weighted by molar-refractivity contribution is 0.249. The first kappa shape index (κ1) is 16.1. The van der Waals surface area contributed by atoms with Gasteiger partial charge in [0.2, 0.25) is 11.0 Å². The number of carbonyl (C=O) groups is 1. The van der Waals surface area contributed by atoms with Gasteiger partial charge < -0.3 is 9.84 Å². The maximum atomic E-state index is 12.2. The molecule has 0 unspecified atom stereocenters. The van der Waals surface area contributed by atoms with E-state index in [-0.39, 0.29) is 0 Å². The van der Waals surface area contributed by atoms with Gasteiger partial charge in [0.05, 0.1) is 0 Å². The average molecular weight is 344 g/mol. The number of amides is 2. The van der Waals surface area contributed by atoms with Gasteiger partial charge in [-0.2, -0.15) is 4.98 Å². The van der Waals surface area contributed by atoms with Crippen LogP contribution < -0.4 is 10.6 Å². The molecule has 2 heterocycles. The molecule has 0 aliphatic heterocycles. The largest absolute Gasteiger partial charge is 0.339 e. The van der Waals surface area contributed by atoms with Crippen molar-refractivity contribution in [2.45, 2.75) is 25.8 Å². The third-order valence-electron chi connectivity index (χ3n) is 3.19. The fourth-order valence-corrected chi connectivity index (χ4v) is 2.58. The second kappa shape index (κ2) is 7.64. The number of rotatable bonds is 6. The first-order valence-corrected chi connectivity index (χ1v) is 8.35. The van der Waals surface area contributed by atoms with Gasteiger partial charge in [0.25, 0.3) is 0 Å². The van der Waals surface area contributed by atoms with Gasteiger partial charge >= 0.3 is 6.03 Å². The van der Waals surface area contributed by atoms with E-state index in [0.29, 0.717) is 23.3 Å². The van der Waals surface area contributed by atoms with Gasteiger partial charge in [0.15, 0.2) is 5.82 Å². The number of hydrogen-bond acceptors (Lipinski definition) is 7. The number of nitrogens with zero attached hydrogens (tertiary/aromatic N) is 4. The van der Waals surface area contributed by atoms with Gasteiger partial charge in [-0.25, -0.2) is 4.79 Å². The Morgan fingerprint density at radius 1 is 1.33 bits per heavy atom. The fourth-order valence-electron chi connectivity index (χ4n) is 2.13. The van der Waals surface area contributed by atoms with Gasteiger partial charge in [0.1, 0.15) is 11.6 Å². The molecule has 1 aromatic carbocycles. The maximum Gasteiger partial charge on any atom is 0.321 e. The summed E-state index contributed by atoms with van der Waals surface area (Å²) < 4.78 is 5.24. The van der Waals surface area contributed by atoms with Crippen LogP contribution in [0.5, 0.6) is 0 Å². The van der Waals surface area contributed by atoms with E-state index >= 15 is 0 Å². The van der Waals surface area contributed by atoms with Crippen LogP contribution in [0, 0.1) is 0 Å². The smallest absolute Gasteiger partial charge is 0.321 e. The molecule has 0 spiro atoms. The van der Waals surface area contributed by atoms with Crippen LogP contribution in [-0.2, 0) is 6.42 Å². The van der Waals surface area contributed by atoms with E-state index in [1.165, 1.54) is 11.3 Å². The number of carbonyl (C=O) groups excluding carboxylic acids is 1. The van der Waals surface area contributed by atoms with Crippen LogP contribution in [0.3, 0.4) is 0 Å². The molecule has 24 heavy (non-hydrogen) atoms. The molecule has 0 fully saturated rings. The van der Waals surface area contributed by atoms with E-state index in [1.54, 1.807) is 5.51 Å². The predicted octanol–water partition coefficient (Wildman–Crippen LogP) is 2.78. The topological polar surface area (TPSA) is 106 Å². The van der Waals surface area contributed by atoms with Crippen molar-refractivity contribution in [3.05, 3.63) is 53.1 Å². The normalized spacial score (nSPS) is 11.9. The molecule has 9 heteroatoms. The summed E-state index contributed by atoms with van der Waals surface area (Å²) in [5.74, 6) is 0.969. The lowest BCUT2D eigenvalue weighted by atomic mass is 10.1. The van der Waals surface area contributed by atoms with E-state index in [0.717, 1.165) is 12.0 Å². The molecule has 0 aliphatic carbocycles. The number of hydrogen-bond donors (Lipinski definition) is 2. The Hall–Kier alpha value is -2.81. The molecule has 0 saturated heterocycles. The second-order valence-corrected chi connectivity index (χ2v) is 5.82. The highest BCUT2D eigenvalue weighted by molar-refractivity contribution is 7.13. The lowest BCUT2D eigenvalue weighted by Crippen LogP contribution is -2.33. The summed E-state index contributed by atoms with van der Waals surface area (Å²) in [6.07, 6.45) is 1.61. The highest BCUT2D eigenvalue weighted by atomic mass is 32.1. The molecule has 8 nitrogen and oxygen atoms in total. The van der Waals surface area contributed by atoms with Gasteiger partial charge in [-0.1, -0.05) is 53.7 Å². The van der Waals surface area contributed by atoms with Crippen LogP contribution in [0.15, 0.2) is 40.4 Å². The quantitative estimate of drug-likeness (QED) is 0.712. The molecule has 0 radical (unpaired) electrons. The molecule has 3 rings (SSSR count). The summed E-state index contributed by atoms with van der Waals surface area (Å²) in [5, 5.41) is 17.4. The number of urea groups is 1. The number of anilines is 1. The van der Waals surface area contributed by atoms with E-state index < -0.39 is 12.1 Å². The number of nitrogens with one attached hydrogen (secondary N) is 2. The SMILES string of the molecule is CCCc1nc([C@@H](NC(=O)Nc2nncs2)c2ccccc2)no1. The van der Waals surface area contributed by atoms with Crippen molar-refractivity contribution < 1.29 is 9.32 Å². The highest BCUT2D eigenvalue weighted by Gasteiger charge is 2.22. The molecule has 0 bridgehead atoms. The fraction of sp³-hybridized carbons (Fsp3) is 0.267. The van der Waals surface area contributed by atoms with Crippen molar-refractivity contribution in [2.24, 2.45) is 0 Å². The minimum Gasteiger partial charge on any atom is -0.339 e. The third kappa shape index (κ3) is 3.93. The average Bonchev–Trinajstić information content (AvgIpc) is 3.26. The Labute approximate surface area is 142 Å². The monoisotopic (exact) mass is 344 g/mol. The first-order chi connectivity index (χ1) is 11.8. The van der Waals surface area contributed by atoms with Gasteiger partial charge in [0, 0.05) is 6.42 Å². The summed E-state index contributed by atoms with van der Waals surface area (Å²) in [6.45, 7) is 2.03. The third-order valence-corrected chi connectivity index (χ3v) is 3.80. The van der Waals surface area contributed by atoms with E-state index in [4.69, 9.17) is 4.52 Å². The molecule has 0 saturated carbocycles. The molecule has 0 aliphatic rings. The Kier molecular flexibility index (Phi) is 5.12. The van der Waals surface area contributed by atoms with Crippen molar-refractivity contribution in [3.63, 3.8) is 0 Å². The van der Waals surface area contributed by atoms with Gasteiger partial charge in [-0.05, 0) is 12.0 Å². The minimum atomic E-state index is -0.520. The van der Waals surface area contributed by atoms with Crippen molar-refractivity contribution in [1.29, 1.82) is 0 Å². The second-order valence-electron chi connectivity index (χ2n) is 4.98.